The summed E-state index contributed by atoms with van der Waals surface area (Å²) in [5.74, 6) is 0.417. The average molecular weight is 270 g/mol. The number of nitro groups is 1. The molecule has 1 aromatic rings. The lowest BCUT2D eigenvalue weighted by molar-refractivity contribution is -0.384. The normalized spacial score (nSPS) is 12.7. The maximum Gasteiger partial charge on any atom is 0.333 e. The zero-order chi connectivity index (χ0) is 14.6. The second-order valence-electron chi connectivity index (χ2n) is 4.86. The predicted octanol–water partition coefficient (Wildman–Crippen LogP) is 2.25. The third kappa shape index (κ3) is 3.66. The maximum atomic E-state index is 11.1. The molecule has 108 valence electrons. The number of nitrogens with one attached hydrogen (secondary N) is 1. The molecule has 1 aromatic heterocycles. The minimum Gasteiger partial charge on any atom is -0.393 e. The van der Waals surface area contributed by atoms with Crippen LogP contribution in [-0.4, -0.2) is 32.5 Å². The first kappa shape index (κ1) is 15.4. The van der Waals surface area contributed by atoms with Gasteiger partial charge in [-0.15, -0.1) is 0 Å². The van der Waals surface area contributed by atoms with Gasteiger partial charge in [-0.05, 0) is 33.6 Å². The zero-order valence-corrected chi connectivity index (χ0v) is 11.9. The molecule has 1 unspecified atom stereocenters. The van der Waals surface area contributed by atoms with Crippen LogP contribution in [-0.2, 0) is 0 Å². The van der Waals surface area contributed by atoms with Gasteiger partial charge in [0.2, 0.25) is 5.82 Å². The van der Waals surface area contributed by atoms with Gasteiger partial charge in [0.1, 0.15) is 5.69 Å². The van der Waals surface area contributed by atoms with E-state index in [0.29, 0.717) is 30.9 Å². The Morgan fingerprint density at radius 1 is 1.53 bits per heavy atom. The molecule has 0 saturated heterocycles. The van der Waals surface area contributed by atoms with E-state index >= 15 is 0 Å². The number of hydrogen-bond acceptors (Lipinski definition) is 5. The summed E-state index contributed by atoms with van der Waals surface area (Å²) in [5.41, 5.74) is 0.414. The molecule has 1 rings (SSSR count). The van der Waals surface area contributed by atoms with E-state index in [4.69, 9.17) is 0 Å². The minimum absolute atomic E-state index is 0.0136. The van der Waals surface area contributed by atoms with E-state index in [9.17, 15) is 15.2 Å². The Balaban J connectivity index is 2.92. The van der Waals surface area contributed by atoms with Gasteiger partial charge in [0.05, 0.1) is 11.0 Å². The van der Waals surface area contributed by atoms with Gasteiger partial charge >= 0.3 is 5.69 Å². The molecule has 0 saturated carbocycles. The second-order valence-corrected chi connectivity index (χ2v) is 4.86. The van der Waals surface area contributed by atoms with Crippen molar-refractivity contribution in [2.75, 3.05) is 11.9 Å². The monoisotopic (exact) mass is 270 g/mol. The standard InChI is InChI=1S/C12H22N4O3/c1-5-10(17)6-7-13-12-11(16(18)19)9(4)14-15(12)8(2)3/h8,10,13,17H,5-7H2,1-4H3. The molecule has 0 spiro atoms. The van der Waals surface area contributed by atoms with Crippen molar-refractivity contribution in [1.82, 2.24) is 9.78 Å². The fraction of sp³-hybridized carbons (Fsp3) is 0.750. The Hall–Kier alpha value is -1.63. The second kappa shape index (κ2) is 6.51. The Morgan fingerprint density at radius 3 is 2.63 bits per heavy atom. The molecule has 0 aliphatic carbocycles. The fourth-order valence-electron chi connectivity index (χ4n) is 1.86. The number of aryl methyl sites for hydroxylation is 1. The van der Waals surface area contributed by atoms with Crippen LogP contribution in [0, 0.1) is 17.0 Å². The molecule has 0 aliphatic rings. The Labute approximate surface area is 112 Å². The van der Waals surface area contributed by atoms with Gasteiger partial charge in [-0.1, -0.05) is 6.92 Å². The van der Waals surface area contributed by atoms with Crippen LogP contribution in [0.15, 0.2) is 0 Å². The van der Waals surface area contributed by atoms with Crippen LogP contribution in [0.25, 0.3) is 0 Å². The highest BCUT2D eigenvalue weighted by Gasteiger charge is 2.26. The molecule has 2 N–H and O–H groups in total. The lowest BCUT2D eigenvalue weighted by Crippen LogP contribution is -2.16. The number of aliphatic hydroxyl groups is 1. The van der Waals surface area contributed by atoms with Crippen molar-refractivity contribution in [1.29, 1.82) is 0 Å². The van der Waals surface area contributed by atoms with Crippen LogP contribution in [0.3, 0.4) is 0 Å². The van der Waals surface area contributed by atoms with Gasteiger partial charge in [-0.2, -0.15) is 5.10 Å². The highest BCUT2D eigenvalue weighted by molar-refractivity contribution is 5.59. The van der Waals surface area contributed by atoms with E-state index in [0.717, 1.165) is 0 Å². The first-order valence-corrected chi connectivity index (χ1v) is 6.53. The van der Waals surface area contributed by atoms with Crippen LogP contribution in [0.2, 0.25) is 0 Å². The Kier molecular flexibility index (Phi) is 5.29. The van der Waals surface area contributed by atoms with Crippen LogP contribution < -0.4 is 5.32 Å². The van der Waals surface area contributed by atoms with Gasteiger partial charge in [0, 0.05) is 12.6 Å². The summed E-state index contributed by atoms with van der Waals surface area (Å²) >= 11 is 0. The molecule has 1 heterocycles. The number of anilines is 1. The molecule has 0 fully saturated rings. The highest BCUT2D eigenvalue weighted by atomic mass is 16.6. The van der Waals surface area contributed by atoms with Crippen molar-refractivity contribution in [2.24, 2.45) is 0 Å². The number of nitrogens with zero attached hydrogens (tertiary/aromatic N) is 3. The van der Waals surface area contributed by atoms with Crippen LogP contribution in [0.1, 0.15) is 45.3 Å². The molecule has 19 heavy (non-hydrogen) atoms. The van der Waals surface area contributed by atoms with Crippen molar-refractivity contribution in [3.63, 3.8) is 0 Å². The van der Waals surface area contributed by atoms with Crippen molar-refractivity contribution in [3.05, 3.63) is 15.8 Å². The SMILES string of the molecule is CCC(O)CCNc1c([N+](=O)[O-])c(C)nn1C(C)C. The summed E-state index contributed by atoms with van der Waals surface area (Å²) in [7, 11) is 0. The Morgan fingerprint density at radius 2 is 2.16 bits per heavy atom. The van der Waals surface area contributed by atoms with E-state index in [1.165, 1.54) is 0 Å². The molecular weight excluding hydrogens is 248 g/mol. The summed E-state index contributed by atoms with van der Waals surface area (Å²) in [6, 6.07) is 0.0333. The van der Waals surface area contributed by atoms with Crippen LogP contribution >= 0.6 is 0 Å². The first-order valence-electron chi connectivity index (χ1n) is 6.53. The molecule has 0 radical (unpaired) electrons. The van der Waals surface area contributed by atoms with Gasteiger partial charge in [-0.3, -0.25) is 10.1 Å². The quantitative estimate of drug-likeness (QED) is 0.585. The van der Waals surface area contributed by atoms with Crippen LogP contribution in [0.5, 0.6) is 0 Å². The largest absolute Gasteiger partial charge is 0.393 e. The molecule has 0 amide bonds. The van der Waals surface area contributed by atoms with E-state index in [2.05, 4.69) is 10.4 Å². The third-order valence-corrected chi connectivity index (χ3v) is 2.97. The van der Waals surface area contributed by atoms with E-state index in [-0.39, 0.29) is 17.8 Å². The smallest absolute Gasteiger partial charge is 0.333 e. The molecule has 1 atom stereocenters. The third-order valence-electron chi connectivity index (χ3n) is 2.97. The topological polar surface area (TPSA) is 93.2 Å². The first-order chi connectivity index (χ1) is 8.88. The Bertz CT molecular complexity index is 442. The maximum absolute atomic E-state index is 11.1. The molecular formula is C12H22N4O3. The predicted molar refractivity (Wildman–Crippen MR) is 73.4 cm³/mol. The lowest BCUT2D eigenvalue weighted by Gasteiger charge is -2.13. The van der Waals surface area contributed by atoms with Crippen molar-refractivity contribution >= 4 is 11.5 Å². The fourth-order valence-corrected chi connectivity index (χ4v) is 1.86. The van der Waals surface area contributed by atoms with Gasteiger partial charge < -0.3 is 10.4 Å². The number of aliphatic hydroxyl groups excluding tert-OH is 1. The average Bonchev–Trinajstić information content (AvgIpc) is 2.66. The number of rotatable bonds is 7. The summed E-state index contributed by atoms with van der Waals surface area (Å²) in [5, 5.41) is 27.8. The van der Waals surface area contributed by atoms with Gasteiger partial charge in [-0.25, -0.2) is 4.68 Å². The van der Waals surface area contributed by atoms with E-state index in [1.807, 2.05) is 20.8 Å². The van der Waals surface area contributed by atoms with E-state index < -0.39 is 4.92 Å². The van der Waals surface area contributed by atoms with Crippen molar-refractivity contribution in [3.8, 4) is 0 Å². The zero-order valence-electron chi connectivity index (χ0n) is 11.9. The molecule has 7 heteroatoms. The molecule has 0 aliphatic heterocycles. The van der Waals surface area contributed by atoms with Crippen molar-refractivity contribution in [2.45, 2.75) is 52.7 Å². The minimum atomic E-state index is -0.417. The van der Waals surface area contributed by atoms with Crippen LogP contribution in [0.4, 0.5) is 11.5 Å². The highest BCUT2D eigenvalue weighted by Crippen LogP contribution is 2.30. The molecule has 0 bridgehead atoms. The molecule has 0 aromatic carbocycles. The van der Waals surface area contributed by atoms with Gasteiger partial charge in [0.15, 0.2) is 0 Å². The number of aromatic nitrogens is 2. The van der Waals surface area contributed by atoms with Crippen molar-refractivity contribution < 1.29 is 10.0 Å². The lowest BCUT2D eigenvalue weighted by atomic mass is 10.2. The summed E-state index contributed by atoms with van der Waals surface area (Å²) in [4.78, 5) is 10.7. The van der Waals surface area contributed by atoms with E-state index in [1.54, 1.807) is 11.6 Å². The summed E-state index contributed by atoms with van der Waals surface area (Å²) < 4.78 is 1.62. The van der Waals surface area contributed by atoms with Gasteiger partial charge in [0.25, 0.3) is 0 Å². The summed E-state index contributed by atoms with van der Waals surface area (Å²) in [6.07, 6.45) is 0.838. The number of hydrogen-bond donors (Lipinski definition) is 2. The summed E-state index contributed by atoms with van der Waals surface area (Å²) in [6.45, 7) is 7.84. The molecule has 7 nitrogen and oxygen atoms in total.